The fourth-order valence-electron chi connectivity index (χ4n) is 3.39. The molecule has 1 aromatic heterocycles. The summed E-state index contributed by atoms with van der Waals surface area (Å²) in [7, 11) is 0. The number of anilines is 1. The predicted molar refractivity (Wildman–Crippen MR) is 100 cm³/mol. The maximum atomic E-state index is 13.1. The Bertz CT molecular complexity index is 981. The number of nitrogens with zero attached hydrogens (tertiary/aromatic N) is 2. The van der Waals surface area contributed by atoms with E-state index in [2.05, 4.69) is 14.9 Å². The number of piperazine rings is 1. The van der Waals surface area contributed by atoms with E-state index in [1.807, 2.05) is 12.1 Å². The van der Waals surface area contributed by atoms with Crippen molar-refractivity contribution in [3.8, 4) is 0 Å². The molecule has 1 saturated heterocycles. The van der Waals surface area contributed by atoms with Crippen molar-refractivity contribution in [1.29, 1.82) is 0 Å². The number of rotatable bonds is 3. The summed E-state index contributed by atoms with van der Waals surface area (Å²) < 4.78 is 13.1. The molecule has 7 heteroatoms. The summed E-state index contributed by atoms with van der Waals surface area (Å²) in [5, 5.41) is 1.12. The Morgan fingerprint density at radius 2 is 1.88 bits per heavy atom. The van der Waals surface area contributed by atoms with Gasteiger partial charge in [-0.15, -0.1) is 0 Å². The fraction of sp³-hybridized carbons (Fsp3) is 0.263. The molecule has 0 atom stereocenters. The molecule has 0 amide bonds. The van der Waals surface area contributed by atoms with Crippen LogP contribution in [0, 0.1) is 5.82 Å². The van der Waals surface area contributed by atoms with Crippen molar-refractivity contribution in [2.45, 2.75) is 6.54 Å². The van der Waals surface area contributed by atoms with Crippen LogP contribution in [-0.4, -0.2) is 36.1 Å². The molecule has 2 heterocycles. The molecule has 1 fully saturated rings. The highest BCUT2D eigenvalue weighted by atomic mass is 35.5. The third-order valence-corrected chi connectivity index (χ3v) is 5.03. The molecule has 1 aliphatic heterocycles. The molecule has 0 bridgehead atoms. The summed E-state index contributed by atoms with van der Waals surface area (Å²) in [5.41, 5.74) is 1.53. The average Bonchev–Trinajstić information content (AvgIpc) is 2.63. The third kappa shape index (κ3) is 3.57. The van der Waals surface area contributed by atoms with Gasteiger partial charge >= 0.3 is 0 Å². The normalized spacial score (nSPS) is 15.5. The average molecular weight is 374 g/mol. The quantitative estimate of drug-likeness (QED) is 0.733. The molecular weight excluding hydrogens is 355 g/mol. The largest absolute Gasteiger partial charge is 0.360 e. The second kappa shape index (κ2) is 7.05. The van der Waals surface area contributed by atoms with E-state index in [1.54, 1.807) is 18.2 Å². The van der Waals surface area contributed by atoms with Gasteiger partial charge < -0.3 is 14.8 Å². The van der Waals surface area contributed by atoms with Gasteiger partial charge in [-0.1, -0.05) is 11.6 Å². The van der Waals surface area contributed by atoms with Gasteiger partial charge in [0.2, 0.25) is 0 Å². The molecule has 1 aliphatic rings. The predicted octanol–water partition coefficient (Wildman–Crippen LogP) is 1.62. The van der Waals surface area contributed by atoms with Crippen LogP contribution in [0.1, 0.15) is 5.82 Å². The number of quaternary nitrogens is 1. The van der Waals surface area contributed by atoms with Crippen LogP contribution < -0.4 is 15.4 Å². The van der Waals surface area contributed by atoms with Gasteiger partial charge in [-0.25, -0.2) is 9.37 Å². The summed E-state index contributed by atoms with van der Waals surface area (Å²) >= 11 is 6.01. The maximum absolute atomic E-state index is 13.1. The van der Waals surface area contributed by atoms with E-state index in [9.17, 15) is 9.18 Å². The molecule has 0 radical (unpaired) electrons. The van der Waals surface area contributed by atoms with Crippen molar-refractivity contribution >= 4 is 28.2 Å². The second-order valence-electron chi connectivity index (χ2n) is 6.56. The summed E-state index contributed by atoms with van der Waals surface area (Å²) in [6.07, 6.45) is 0. The van der Waals surface area contributed by atoms with Crippen LogP contribution in [-0.2, 0) is 6.54 Å². The highest BCUT2D eigenvalue weighted by Crippen LogP contribution is 2.15. The van der Waals surface area contributed by atoms with Crippen LogP contribution in [0.2, 0.25) is 5.02 Å². The molecule has 0 spiro atoms. The Kier molecular flexibility index (Phi) is 4.61. The number of aromatic amines is 1. The molecule has 2 aromatic carbocycles. The van der Waals surface area contributed by atoms with Gasteiger partial charge in [-0.3, -0.25) is 4.79 Å². The van der Waals surface area contributed by atoms with Crippen LogP contribution in [0.5, 0.6) is 0 Å². The number of hydrogen-bond acceptors (Lipinski definition) is 3. The Hall–Kier alpha value is -2.44. The van der Waals surface area contributed by atoms with E-state index in [-0.39, 0.29) is 11.4 Å². The van der Waals surface area contributed by atoms with Crippen molar-refractivity contribution in [3.05, 3.63) is 69.5 Å². The van der Waals surface area contributed by atoms with Crippen LogP contribution in [0.25, 0.3) is 10.9 Å². The van der Waals surface area contributed by atoms with Gasteiger partial charge in [0.15, 0.2) is 5.82 Å². The maximum Gasteiger partial charge on any atom is 0.258 e. The zero-order valence-electron chi connectivity index (χ0n) is 14.1. The summed E-state index contributed by atoms with van der Waals surface area (Å²) in [6, 6.07) is 11.7. The van der Waals surface area contributed by atoms with Gasteiger partial charge in [0.25, 0.3) is 5.56 Å². The molecule has 3 aromatic rings. The fourth-order valence-corrected chi connectivity index (χ4v) is 3.56. The van der Waals surface area contributed by atoms with Gasteiger partial charge in [0, 0.05) is 10.7 Å². The van der Waals surface area contributed by atoms with E-state index < -0.39 is 0 Å². The van der Waals surface area contributed by atoms with Crippen molar-refractivity contribution in [2.24, 2.45) is 0 Å². The topological polar surface area (TPSA) is 53.4 Å². The molecule has 0 aliphatic carbocycles. The molecular formula is C19H19ClFN4O+. The minimum Gasteiger partial charge on any atom is -0.360 e. The van der Waals surface area contributed by atoms with Crippen LogP contribution >= 0.6 is 11.6 Å². The monoisotopic (exact) mass is 373 g/mol. The molecule has 5 nitrogen and oxygen atoms in total. The lowest BCUT2D eigenvalue weighted by atomic mass is 10.2. The highest BCUT2D eigenvalue weighted by Gasteiger charge is 2.21. The minimum absolute atomic E-state index is 0.133. The lowest BCUT2D eigenvalue weighted by Crippen LogP contribution is -3.13. The second-order valence-corrected chi connectivity index (χ2v) is 7.00. The smallest absolute Gasteiger partial charge is 0.258 e. The van der Waals surface area contributed by atoms with Crippen LogP contribution in [0.15, 0.2) is 47.3 Å². The zero-order chi connectivity index (χ0) is 18.1. The van der Waals surface area contributed by atoms with Crippen molar-refractivity contribution in [2.75, 3.05) is 31.1 Å². The van der Waals surface area contributed by atoms with Crippen molar-refractivity contribution < 1.29 is 9.29 Å². The lowest BCUT2D eigenvalue weighted by Gasteiger charge is -2.33. The van der Waals surface area contributed by atoms with Crippen molar-refractivity contribution in [1.82, 2.24) is 9.97 Å². The van der Waals surface area contributed by atoms with E-state index in [4.69, 9.17) is 11.6 Å². The van der Waals surface area contributed by atoms with Crippen LogP contribution in [0.3, 0.4) is 0 Å². The first kappa shape index (κ1) is 17.0. The Labute approximate surface area is 155 Å². The first-order chi connectivity index (χ1) is 12.6. The lowest BCUT2D eigenvalue weighted by molar-refractivity contribution is -0.915. The number of aromatic nitrogens is 2. The number of nitrogens with one attached hydrogen (secondary N) is 2. The Balaban J connectivity index is 1.45. The molecule has 0 saturated carbocycles. The first-order valence-corrected chi connectivity index (χ1v) is 8.99. The van der Waals surface area contributed by atoms with E-state index >= 15 is 0 Å². The molecule has 134 valence electrons. The number of halogens is 2. The number of fused-ring (bicyclic) bond motifs is 1. The van der Waals surface area contributed by atoms with Crippen molar-refractivity contribution in [3.63, 3.8) is 0 Å². The number of hydrogen-bond donors (Lipinski definition) is 2. The molecule has 2 N–H and O–H groups in total. The molecule has 4 rings (SSSR count). The van der Waals surface area contributed by atoms with Crippen LogP contribution in [0.4, 0.5) is 10.1 Å². The Morgan fingerprint density at radius 1 is 1.15 bits per heavy atom. The van der Waals surface area contributed by atoms with E-state index in [1.165, 1.54) is 17.0 Å². The van der Waals surface area contributed by atoms with Gasteiger partial charge in [0.1, 0.15) is 12.4 Å². The summed E-state index contributed by atoms with van der Waals surface area (Å²) in [5.74, 6) is 0.458. The highest BCUT2D eigenvalue weighted by molar-refractivity contribution is 6.31. The van der Waals surface area contributed by atoms with Gasteiger partial charge in [-0.2, -0.15) is 0 Å². The SMILES string of the molecule is O=c1[nH]c(C[NH+]2CCN(c3ccc(F)cc3)CC2)nc2cc(Cl)ccc12. The molecule has 0 unspecified atom stereocenters. The van der Waals surface area contributed by atoms with Gasteiger partial charge in [0.05, 0.1) is 37.1 Å². The summed E-state index contributed by atoms with van der Waals surface area (Å²) in [4.78, 5) is 23.3. The summed E-state index contributed by atoms with van der Waals surface area (Å²) in [6.45, 7) is 4.27. The standard InChI is InChI=1S/C19H18ClFN4O/c20-13-1-6-16-17(11-13)22-18(23-19(16)26)12-24-7-9-25(10-8-24)15-4-2-14(21)3-5-15/h1-6,11H,7-10,12H2,(H,22,23,26)/p+1. The third-order valence-electron chi connectivity index (χ3n) is 4.80. The van der Waals surface area contributed by atoms with E-state index in [0.29, 0.717) is 28.3 Å². The number of H-pyrrole nitrogens is 1. The molecule has 26 heavy (non-hydrogen) atoms. The first-order valence-electron chi connectivity index (χ1n) is 8.61. The Morgan fingerprint density at radius 3 is 2.62 bits per heavy atom. The number of benzene rings is 2. The zero-order valence-corrected chi connectivity index (χ0v) is 14.9. The van der Waals surface area contributed by atoms with E-state index in [0.717, 1.165) is 31.9 Å². The van der Waals surface area contributed by atoms with Gasteiger partial charge in [-0.05, 0) is 42.5 Å². The minimum atomic E-state index is -0.218.